The van der Waals surface area contributed by atoms with E-state index in [4.69, 9.17) is 0 Å². The summed E-state index contributed by atoms with van der Waals surface area (Å²) in [4.78, 5) is 36.9. The van der Waals surface area contributed by atoms with Crippen molar-refractivity contribution in [2.45, 2.75) is 64.3 Å². The first kappa shape index (κ1) is 22.2. The number of hydrogen-bond donors (Lipinski definition) is 0. The Balaban J connectivity index is 1.19. The molecule has 2 fully saturated rings. The van der Waals surface area contributed by atoms with Gasteiger partial charge in [-0.2, -0.15) is 0 Å². The summed E-state index contributed by atoms with van der Waals surface area (Å²) >= 11 is 0. The summed E-state index contributed by atoms with van der Waals surface area (Å²) in [5.41, 5.74) is 4.73. The van der Waals surface area contributed by atoms with Gasteiger partial charge in [0.1, 0.15) is 6.67 Å². The van der Waals surface area contributed by atoms with Crippen molar-refractivity contribution in [2.75, 3.05) is 32.8 Å². The van der Waals surface area contributed by atoms with Crippen molar-refractivity contribution in [3.63, 3.8) is 0 Å². The number of piperazine rings is 1. The van der Waals surface area contributed by atoms with Crippen LogP contribution < -0.4 is 0 Å². The van der Waals surface area contributed by atoms with Gasteiger partial charge in [-0.25, -0.2) is 0 Å². The molecule has 1 aromatic rings. The Morgan fingerprint density at radius 3 is 2.48 bits per heavy atom. The fourth-order valence-corrected chi connectivity index (χ4v) is 5.84. The third-order valence-corrected chi connectivity index (χ3v) is 7.74. The number of benzene rings is 1. The first-order valence-electron chi connectivity index (χ1n) is 12.8. The van der Waals surface area contributed by atoms with E-state index in [1.165, 1.54) is 43.4 Å². The highest BCUT2D eigenvalue weighted by Crippen LogP contribution is 2.30. The smallest absolute Gasteiger partial charge is 0.253 e. The number of allylic oxidation sites excluding steroid dienone is 2. The highest BCUT2D eigenvalue weighted by molar-refractivity contribution is 5.94. The Kier molecular flexibility index (Phi) is 6.79. The van der Waals surface area contributed by atoms with Crippen molar-refractivity contribution >= 4 is 18.0 Å². The van der Waals surface area contributed by atoms with Gasteiger partial charge in [0, 0.05) is 56.1 Å². The molecular formula is C27H36N4O2. The van der Waals surface area contributed by atoms with Crippen LogP contribution in [0.3, 0.4) is 0 Å². The van der Waals surface area contributed by atoms with Gasteiger partial charge >= 0.3 is 0 Å². The van der Waals surface area contributed by atoms with Gasteiger partial charge < -0.3 is 14.7 Å². The van der Waals surface area contributed by atoms with E-state index in [0.717, 1.165) is 43.4 Å². The summed E-state index contributed by atoms with van der Waals surface area (Å²) < 4.78 is 0. The van der Waals surface area contributed by atoms with Crippen molar-refractivity contribution in [1.29, 1.82) is 0 Å². The van der Waals surface area contributed by atoms with Crippen molar-refractivity contribution < 1.29 is 9.59 Å². The summed E-state index contributed by atoms with van der Waals surface area (Å²) in [5.74, 6) is 0.594. The lowest BCUT2D eigenvalue weighted by atomic mass is 9.88. The van der Waals surface area contributed by atoms with Gasteiger partial charge in [-0.3, -0.25) is 14.6 Å². The monoisotopic (exact) mass is 448 g/mol. The first-order valence-corrected chi connectivity index (χ1v) is 12.8. The predicted octanol–water partition coefficient (Wildman–Crippen LogP) is 4.22. The summed E-state index contributed by atoms with van der Waals surface area (Å²) in [7, 11) is 0. The zero-order valence-electron chi connectivity index (χ0n) is 19.7. The molecule has 2 aliphatic heterocycles. The van der Waals surface area contributed by atoms with Crippen molar-refractivity contribution in [3.8, 4) is 0 Å². The average molecular weight is 449 g/mol. The molecule has 2 heterocycles. The minimum Gasteiger partial charge on any atom is -0.351 e. The second-order valence-corrected chi connectivity index (χ2v) is 9.98. The van der Waals surface area contributed by atoms with E-state index in [-0.39, 0.29) is 11.8 Å². The Labute approximate surface area is 197 Å². The average Bonchev–Trinajstić information content (AvgIpc) is 2.89. The van der Waals surface area contributed by atoms with Gasteiger partial charge in [-0.1, -0.05) is 31.4 Å². The molecule has 0 bridgehead atoms. The van der Waals surface area contributed by atoms with Crippen LogP contribution in [0.4, 0.5) is 0 Å². The predicted molar refractivity (Wildman–Crippen MR) is 130 cm³/mol. The molecule has 0 unspecified atom stereocenters. The zero-order valence-corrected chi connectivity index (χ0v) is 19.7. The standard InChI is InChI=1S/C27H36N4O2/c32-26(22-8-2-1-3-9-22)29-13-15-30(16-14-29)27(33)23-11-6-7-21(17-23)19-31-20-28-18-24-10-4-5-12-25(24)31/h6-7,11,17-18,22H,1-5,8-10,12-16,19-20H2. The fraction of sp³-hybridized carbons (Fsp3) is 0.593. The highest BCUT2D eigenvalue weighted by atomic mass is 16.2. The molecule has 0 aromatic heterocycles. The molecule has 0 radical (unpaired) electrons. The molecule has 0 N–H and O–H groups in total. The molecule has 1 saturated carbocycles. The molecular weight excluding hydrogens is 412 g/mol. The molecule has 6 heteroatoms. The second-order valence-electron chi connectivity index (χ2n) is 9.98. The lowest BCUT2D eigenvalue weighted by Gasteiger charge is -2.37. The number of aliphatic imine (C=N–C) groups is 1. The van der Waals surface area contributed by atoms with Gasteiger partial charge in [0.2, 0.25) is 5.91 Å². The van der Waals surface area contributed by atoms with Gasteiger partial charge in [0.15, 0.2) is 0 Å². The van der Waals surface area contributed by atoms with E-state index in [2.05, 4.69) is 22.2 Å². The van der Waals surface area contributed by atoms with Crippen LogP contribution in [-0.4, -0.2) is 65.6 Å². The third-order valence-electron chi connectivity index (χ3n) is 7.74. The SMILES string of the molecule is O=C(c1cccc(CN2CN=CC3=C2CCCC3)c1)N1CCN(C(=O)C2CCCCC2)CC1. The van der Waals surface area contributed by atoms with Crippen molar-refractivity contribution in [1.82, 2.24) is 14.7 Å². The molecule has 6 nitrogen and oxygen atoms in total. The molecule has 5 rings (SSSR count). The van der Waals surface area contributed by atoms with Crippen LogP contribution in [0.15, 0.2) is 40.5 Å². The quantitative estimate of drug-likeness (QED) is 0.693. The van der Waals surface area contributed by atoms with E-state index < -0.39 is 0 Å². The maximum atomic E-state index is 13.2. The number of nitrogens with zero attached hydrogens (tertiary/aromatic N) is 4. The van der Waals surface area contributed by atoms with Gasteiger partial charge in [-0.05, 0) is 61.8 Å². The van der Waals surface area contributed by atoms with Crippen LogP contribution in [0.1, 0.15) is 73.7 Å². The maximum Gasteiger partial charge on any atom is 0.253 e. The Bertz CT molecular complexity index is 939. The normalized spacial score (nSPS) is 21.9. The fourth-order valence-electron chi connectivity index (χ4n) is 5.84. The zero-order chi connectivity index (χ0) is 22.6. The molecule has 0 atom stereocenters. The highest BCUT2D eigenvalue weighted by Gasteiger charge is 2.30. The minimum absolute atomic E-state index is 0.0795. The van der Waals surface area contributed by atoms with E-state index in [1.807, 2.05) is 28.0 Å². The number of amides is 2. The lowest BCUT2D eigenvalue weighted by molar-refractivity contribution is -0.138. The van der Waals surface area contributed by atoms with Crippen LogP contribution in [0.2, 0.25) is 0 Å². The molecule has 1 saturated heterocycles. The van der Waals surface area contributed by atoms with Gasteiger partial charge in [-0.15, -0.1) is 0 Å². The second kappa shape index (κ2) is 10.1. The largest absolute Gasteiger partial charge is 0.351 e. The third kappa shape index (κ3) is 4.99. The van der Waals surface area contributed by atoms with Gasteiger partial charge in [0.05, 0.1) is 0 Å². The van der Waals surface area contributed by atoms with E-state index in [0.29, 0.717) is 38.8 Å². The number of hydrogen-bond acceptors (Lipinski definition) is 4. The number of carbonyl (C=O) groups is 2. The van der Waals surface area contributed by atoms with E-state index in [1.54, 1.807) is 0 Å². The molecule has 0 spiro atoms. The summed E-state index contributed by atoms with van der Waals surface area (Å²) in [6.45, 7) is 4.05. The Morgan fingerprint density at radius 1 is 0.909 bits per heavy atom. The molecule has 176 valence electrons. The van der Waals surface area contributed by atoms with Crippen LogP contribution in [0.25, 0.3) is 0 Å². The van der Waals surface area contributed by atoms with Crippen molar-refractivity contribution in [3.05, 3.63) is 46.7 Å². The summed E-state index contributed by atoms with van der Waals surface area (Å²) in [6.07, 6.45) is 12.5. The van der Waals surface area contributed by atoms with Crippen LogP contribution in [0.5, 0.6) is 0 Å². The van der Waals surface area contributed by atoms with E-state index in [9.17, 15) is 9.59 Å². The van der Waals surface area contributed by atoms with Crippen LogP contribution in [0, 0.1) is 5.92 Å². The number of carbonyl (C=O) groups excluding carboxylic acids is 2. The first-order chi connectivity index (χ1) is 16.2. The van der Waals surface area contributed by atoms with Crippen LogP contribution in [-0.2, 0) is 11.3 Å². The Morgan fingerprint density at radius 2 is 1.67 bits per heavy atom. The summed E-state index contributed by atoms with van der Waals surface area (Å²) in [5, 5.41) is 0. The molecule has 33 heavy (non-hydrogen) atoms. The summed E-state index contributed by atoms with van der Waals surface area (Å²) in [6, 6.07) is 8.07. The minimum atomic E-state index is 0.0795. The molecule has 4 aliphatic rings. The Hall–Kier alpha value is -2.63. The molecule has 2 aliphatic carbocycles. The maximum absolute atomic E-state index is 13.2. The van der Waals surface area contributed by atoms with Gasteiger partial charge in [0.25, 0.3) is 5.91 Å². The number of rotatable bonds is 4. The molecule has 2 amide bonds. The topological polar surface area (TPSA) is 56.2 Å². The van der Waals surface area contributed by atoms with E-state index >= 15 is 0 Å². The lowest BCUT2D eigenvalue weighted by Crippen LogP contribution is -2.52. The van der Waals surface area contributed by atoms with Crippen molar-refractivity contribution in [2.24, 2.45) is 10.9 Å². The van der Waals surface area contributed by atoms with Crippen LogP contribution >= 0.6 is 0 Å². The molecule has 1 aromatic carbocycles.